The number of aryl methyl sites for hydroxylation is 1. The van der Waals surface area contributed by atoms with Crippen LogP contribution in [-0.2, 0) is 12.1 Å². The van der Waals surface area contributed by atoms with E-state index < -0.39 is 0 Å². The second kappa shape index (κ2) is 5.04. The van der Waals surface area contributed by atoms with Gasteiger partial charge in [-0.3, -0.25) is 0 Å². The molecule has 1 aliphatic carbocycles. The van der Waals surface area contributed by atoms with Crippen molar-refractivity contribution in [3.05, 3.63) is 18.2 Å². The third-order valence-electron chi connectivity index (χ3n) is 4.54. The van der Waals surface area contributed by atoms with Crippen molar-refractivity contribution in [1.29, 1.82) is 0 Å². The van der Waals surface area contributed by atoms with Gasteiger partial charge >= 0.3 is 0 Å². The number of imidazole rings is 1. The Bertz CT molecular complexity index is 384. The second-order valence-electron chi connectivity index (χ2n) is 5.93. The highest BCUT2D eigenvalue weighted by Crippen LogP contribution is 2.48. The SMILES string of the molecule is CCCn1ccnc1C1(C2CC2)CCCCCN1. The molecule has 1 saturated carbocycles. The summed E-state index contributed by atoms with van der Waals surface area (Å²) in [5.74, 6) is 2.14. The molecule has 0 aromatic carbocycles. The molecule has 2 aliphatic rings. The maximum absolute atomic E-state index is 4.73. The molecule has 3 nitrogen and oxygen atoms in total. The number of nitrogens with zero attached hydrogens (tertiary/aromatic N) is 2. The summed E-state index contributed by atoms with van der Waals surface area (Å²) in [5.41, 5.74) is 0.190. The predicted molar refractivity (Wildman–Crippen MR) is 73.4 cm³/mol. The quantitative estimate of drug-likeness (QED) is 0.886. The van der Waals surface area contributed by atoms with Gasteiger partial charge in [0.1, 0.15) is 5.82 Å². The summed E-state index contributed by atoms with van der Waals surface area (Å²) in [6.45, 7) is 4.51. The number of hydrogen-bond donors (Lipinski definition) is 1. The highest BCUT2D eigenvalue weighted by Gasteiger charge is 2.48. The molecule has 1 unspecified atom stereocenters. The molecule has 1 aromatic rings. The van der Waals surface area contributed by atoms with Crippen molar-refractivity contribution in [2.75, 3.05) is 6.54 Å². The maximum atomic E-state index is 4.73. The van der Waals surface area contributed by atoms with Gasteiger partial charge in [-0.1, -0.05) is 19.8 Å². The van der Waals surface area contributed by atoms with E-state index in [1.807, 2.05) is 6.20 Å². The molecule has 1 aliphatic heterocycles. The topological polar surface area (TPSA) is 29.9 Å². The van der Waals surface area contributed by atoms with Crippen LogP contribution in [0.2, 0.25) is 0 Å². The largest absolute Gasteiger partial charge is 0.333 e. The van der Waals surface area contributed by atoms with Crippen LogP contribution in [0.4, 0.5) is 0 Å². The molecule has 0 spiro atoms. The number of nitrogens with one attached hydrogen (secondary N) is 1. The number of hydrogen-bond acceptors (Lipinski definition) is 2. The van der Waals surface area contributed by atoms with Crippen LogP contribution >= 0.6 is 0 Å². The van der Waals surface area contributed by atoms with Crippen LogP contribution in [0.25, 0.3) is 0 Å². The lowest BCUT2D eigenvalue weighted by Crippen LogP contribution is -2.46. The van der Waals surface area contributed by atoms with Gasteiger partial charge in [0.25, 0.3) is 0 Å². The Hall–Kier alpha value is -0.830. The van der Waals surface area contributed by atoms with E-state index in [2.05, 4.69) is 23.0 Å². The summed E-state index contributed by atoms with van der Waals surface area (Å²) >= 11 is 0. The molecule has 2 heterocycles. The van der Waals surface area contributed by atoms with Crippen LogP contribution in [0.3, 0.4) is 0 Å². The maximum Gasteiger partial charge on any atom is 0.129 e. The lowest BCUT2D eigenvalue weighted by Gasteiger charge is -2.34. The molecule has 2 fully saturated rings. The molecule has 100 valence electrons. The van der Waals surface area contributed by atoms with Crippen molar-refractivity contribution in [3.8, 4) is 0 Å². The van der Waals surface area contributed by atoms with Gasteiger partial charge in [-0.2, -0.15) is 0 Å². The zero-order chi connectivity index (χ0) is 12.4. The van der Waals surface area contributed by atoms with E-state index in [0.29, 0.717) is 0 Å². The molecule has 0 amide bonds. The number of aromatic nitrogens is 2. The molecule has 3 rings (SSSR count). The van der Waals surface area contributed by atoms with Crippen molar-refractivity contribution in [2.24, 2.45) is 5.92 Å². The van der Waals surface area contributed by atoms with Crippen LogP contribution in [0.5, 0.6) is 0 Å². The highest BCUT2D eigenvalue weighted by molar-refractivity contribution is 5.16. The van der Waals surface area contributed by atoms with Crippen molar-refractivity contribution in [2.45, 2.75) is 64.0 Å². The molecular formula is C15H25N3. The molecule has 1 aromatic heterocycles. The summed E-state index contributed by atoms with van der Waals surface area (Å²) in [4.78, 5) is 4.73. The Kier molecular flexibility index (Phi) is 3.42. The zero-order valence-electron chi connectivity index (χ0n) is 11.5. The van der Waals surface area contributed by atoms with E-state index in [4.69, 9.17) is 4.98 Å². The Morgan fingerprint density at radius 2 is 2.28 bits per heavy atom. The Balaban J connectivity index is 1.94. The molecule has 18 heavy (non-hydrogen) atoms. The molecule has 3 heteroatoms. The first-order valence-corrected chi connectivity index (χ1v) is 7.63. The van der Waals surface area contributed by atoms with E-state index in [0.717, 1.165) is 19.0 Å². The minimum Gasteiger partial charge on any atom is -0.333 e. The third-order valence-corrected chi connectivity index (χ3v) is 4.54. The van der Waals surface area contributed by atoms with Gasteiger partial charge < -0.3 is 9.88 Å². The molecule has 0 bridgehead atoms. The van der Waals surface area contributed by atoms with Crippen molar-refractivity contribution >= 4 is 0 Å². The van der Waals surface area contributed by atoms with Gasteiger partial charge in [0.05, 0.1) is 5.54 Å². The minimum atomic E-state index is 0.190. The summed E-state index contributed by atoms with van der Waals surface area (Å²) in [5, 5.41) is 3.87. The normalized spacial score (nSPS) is 29.2. The van der Waals surface area contributed by atoms with Crippen molar-refractivity contribution in [3.63, 3.8) is 0 Å². The van der Waals surface area contributed by atoms with E-state index in [9.17, 15) is 0 Å². The fourth-order valence-corrected chi connectivity index (χ4v) is 3.53. The van der Waals surface area contributed by atoms with E-state index in [1.54, 1.807) is 0 Å². The first-order chi connectivity index (χ1) is 8.87. The summed E-state index contributed by atoms with van der Waals surface area (Å²) < 4.78 is 2.39. The standard InChI is InChI=1S/C15H25N3/c1-2-11-18-12-10-16-14(18)15(13-6-7-13)8-4-3-5-9-17-15/h10,12-13,17H,2-9,11H2,1H3. The monoisotopic (exact) mass is 247 g/mol. The first kappa shape index (κ1) is 12.2. The Morgan fingerprint density at radius 3 is 3.06 bits per heavy atom. The number of rotatable bonds is 4. The van der Waals surface area contributed by atoms with E-state index in [-0.39, 0.29) is 5.54 Å². The van der Waals surface area contributed by atoms with Gasteiger partial charge in [-0.05, 0) is 44.6 Å². The average molecular weight is 247 g/mol. The predicted octanol–water partition coefficient (Wildman–Crippen LogP) is 3.06. The van der Waals surface area contributed by atoms with Gasteiger partial charge in [-0.25, -0.2) is 4.98 Å². The summed E-state index contributed by atoms with van der Waals surface area (Å²) in [7, 11) is 0. The molecule has 1 N–H and O–H groups in total. The first-order valence-electron chi connectivity index (χ1n) is 7.63. The van der Waals surface area contributed by atoms with E-state index >= 15 is 0 Å². The highest BCUT2D eigenvalue weighted by atomic mass is 15.1. The van der Waals surface area contributed by atoms with Crippen LogP contribution in [0, 0.1) is 5.92 Å². The smallest absolute Gasteiger partial charge is 0.129 e. The average Bonchev–Trinajstić information content (AvgIpc) is 3.16. The summed E-state index contributed by atoms with van der Waals surface area (Å²) in [6, 6.07) is 0. The molecule has 1 atom stereocenters. The Morgan fingerprint density at radius 1 is 1.39 bits per heavy atom. The van der Waals surface area contributed by atoms with Gasteiger partial charge in [0.15, 0.2) is 0 Å². The van der Waals surface area contributed by atoms with Gasteiger partial charge in [0.2, 0.25) is 0 Å². The third kappa shape index (κ3) is 2.09. The van der Waals surface area contributed by atoms with Crippen LogP contribution in [0.1, 0.15) is 57.7 Å². The minimum absolute atomic E-state index is 0.190. The van der Waals surface area contributed by atoms with E-state index in [1.165, 1.54) is 50.8 Å². The summed E-state index contributed by atoms with van der Waals surface area (Å²) in [6.07, 6.45) is 13.4. The van der Waals surface area contributed by atoms with Gasteiger partial charge in [-0.15, -0.1) is 0 Å². The van der Waals surface area contributed by atoms with Crippen LogP contribution < -0.4 is 5.32 Å². The second-order valence-corrected chi connectivity index (χ2v) is 5.93. The van der Waals surface area contributed by atoms with Crippen molar-refractivity contribution < 1.29 is 0 Å². The Labute approximate surface area is 110 Å². The lowest BCUT2D eigenvalue weighted by molar-refractivity contribution is 0.252. The molecule has 1 saturated heterocycles. The van der Waals surface area contributed by atoms with Gasteiger partial charge in [0, 0.05) is 18.9 Å². The zero-order valence-corrected chi connectivity index (χ0v) is 11.5. The van der Waals surface area contributed by atoms with Crippen LogP contribution in [-0.4, -0.2) is 16.1 Å². The lowest BCUT2D eigenvalue weighted by atomic mass is 9.87. The fourth-order valence-electron chi connectivity index (χ4n) is 3.53. The fraction of sp³-hybridized carbons (Fsp3) is 0.800. The van der Waals surface area contributed by atoms with Crippen molar-refractivity contribution in [1.82, 2.24) is 14.9 Å². The molecule has 0 radical (unpaired) electrons. The molecular weight excluding hydrogens is 222 g/mol. The van der Waals surface area contributed by atoms with Crippen LogP contribution in [0.15, 0.2) is 12.4 Å².